The summed E-state index contributed by atoms with van der Waals surface area (Å²) in [7, 11) is 0. The van der Waals surface area contributed by atoms with Crippen molar-refractivity contribution in [2.45, 2.75) is 20.0 Å². The molecule has 2 atom stereocenters. The molecule has 0 radical (unpaired) electrons. The number of aliphatic hydroxyl groups excluding tert-OH is 1. The number of rotatable bonds is 1. The Hall–Kier alpha value is -0.550. The van der Waals surface area contributed by atoms with Crippen LogP contribution < -0.4 is 0 Å². The molecule has 0 aliphatic heterocycles. The molecule has 0 spiro atoms. The third-order valence-electron chi connectivity index (χ3n) is 0.927. The average Bonchev–Trinajstić information content (AvgIpc) is 1.65. The fourth-order valence-electron chi connectivity index (χ4n) is 0.108. The molecule has 2 heteroatoms. The molecule has 2 nitrogen and oxygen atoms in total. The van der Waals surface area contributed by atoms with Gasteiger partial charge < -0.3 is 5.11 Å². The molecule has 0 aliphatic carbocycles. The van der Waals surface area contributed by atoms with Crippen LogP contribution in [0.3, 0.4) is 0 Å². The fraction of sp³-hybridized carbons (Fsp3) is 0.800. The molecule has 40 valence electrons. The number of aliphatic hydroxyl groups is 1. The predicted molar refractivity (Wildman–Crippen MR) is 26.5 cm³/mol. The van der Waals surface area contributed by atoms with Crippen LogP contribution in [-0.2, 0) is 0 Å². The smallest absolute Gasteiger partial charge is 0.0691 e. The van der Waals surface area contributed by atoms with Gasteiger partial charge >= 0.3 is 0 Å². The van der Waals surface area contributed by atoms with Crippen molar-refractivity contribution in [1.82, 2.24) is 0 Å². The van der Waals surface area contributed by atoms with Crippen molar-refractivity contribution in [3.8, 4) is 6.07 Å². The fourth-order valence-corrected chi connectivity index (χ4v) is 0.108. The number of nitriles is 1. The van der Waals surface area contributed by atoms with Gasteiger partial charge in [0.05, 0.1) is 18.1 Å². The van der Waals surface area contributed by atoms with E-state index in [9.17, 15) is 0 Å². The van der Waals surface area contributed by atoms with E-state index in [0.717, 1.165) is 0 Å². The van der Waals surface area contributed by atoms with Crippen LogP contribution in [0.1, 0.15) is 13.8 Å². The van der Waals surface area contributed by atoms with Crippen molar-refractivity contribution in [3.63, 3.8) is 0 Å². The maximum atomic E-state index is 8.60. The summed E-state index contributed by atoms with van der Waals surface area (Å²) in [4.78, 5) is 0. The van der Waals surface area contributed by atoms with E-state index in [4.69, 9.17) is 10.4 Å². The highest BCUT2D eigenvalue weighted by molar-refractivity contribution is 4.81. The van der Waals surface area contributed by atoms with E-state index in [1.807, 2.05) is 6.07 Å². The van der Waals surface area contributed by atoms with Gasteiger partial charge in [0.25, 0.3) is 0 Å². The molecule has 0 heterocycles. The molecule has 0 unspecified atom stereocenters. The SMILES string of the molecule is C[C@@H](O)[C@@H](C)C#N. The Morgan fingerprint density at radius 1 is 1.57 bits per heavy atom. The Kier molecular flexibility index (Phi) is 2.39. The molecule has 7 heavy (non-hydrogen) atoms. The van der Waals surface area contributed by atoms with Crippen molar-refractivity contribution in [1.29, 1.82) is 5.26 Å². The van der Waals surface area contributed by atoms with Crippen LogP contribution in [0.25, 0.3) is 0 Å². The van der Waals surface area contributed by atoms with Crippen molar-refractivity contribution in [2.24, 2.45) is 5.92 Å². The molecule has 0 aromatic heterocycles. The minimum atomic E-state index is -0.495. The normalized spacial score (nSPS) is 17.4. The maximum absolute atomic E-state index is 8.60. The first kappa shape index (κ1) is 6.45. The molecule has 0 saturated carbocycles. The summed E-state index contributed by atoms with van der Waals surface area (Å²) >= 11 is 0. The molecule has 1 N–H and O–H groups in total. The lowest BCUT2D eigenvalue weighted by Gasteiger charge is -2.01. The van der Waals surface area contributed by atoms with E-state index in [-0.39, 0.29) is 5.92 Å². The second-order valence-corrected chi connectivity index (χ2v) is 1.66. The molecule has 0 saturated heterocycles. The Bertz CT molecular complexity index is 82.6. The standard InChI is InChI=1S/C5H9NO/c1-4(3-6)5(2)7/h4-5,7H,1-2H3/t4-,5+/m0/s1. The van der Waals surface area contributed by atoms with Crippen LogP contribution in [-0.4, -0.2) is 11.2 Å². The monoisotopic (exact) mass is 99.1 g/mol. The largest absolute Gasteiger partial charge is 0.392 e. The van der Waals surface area contributed by atoms with E-state index < -0.39 is 6.10 Å². The minimum Gasteiger partial charge on any atom is -0.392 e. The highest BCUT2D eigenvalue weighted by atomic mass is 16.3. The summed E-state index contributed by atoms with van der Waals surface area (Å²) in [6, 6.07) is 1.91. The van der Waals surface area contributed by atoms with E-state index >= 15 is 0 Å². The molecule has 0 rings (SSSR count). The van der Waals surface area contributed by atoms with Crippen LogP contribution in [0.15, 0.2) is 0 Å². The second kappa shape index (κ2) is 2.59. The molecular formula is C5H9NO. The Labute approximate surface area is 43.4 Å². The van der Waals surface area contributed by atoms with Gasteiger partial charge in [-0.15, -0.1) is 0 Å². The van der Waals surface area contributed by atoms with Crippen molar-refractivity contribution < 1.29 is 5.11 Å². The van der Waals surface area contributed by atoms with Gasteiger partial charge in [-0.2, -0.15) is 5.26 Å². The van der Waals surface area contributed by atoms with E-state index in [0.29, 0.717) is 0 Å². The second-order valence-electron chi connectivity index (χ2n) is 1.66. The van der Waals surface area contributed by atoms with Gasteiger partial charge in [-0.25, -0.2) is 0 Å². The molecule has 0 aromatic rings. The zero-order chi connectivity index (χ0) is 5.86. The number of hydrogen-bond donors (Lipinski definition) is 1. The first-order valence-electron chi connectivity index (χ1n) is 2.26. The summed E-state index contributed by atoms with van der Waals surface area (Å²) in [5.74, 6) is -0.236. The summed E-state index contributed by atoms with van der Waals surface area (Å²) in [6.07, 6.45) is -0.495. The third-order valence-corrected chi connectivity index (χ3v) is 0.927. The summed E-state index contributed by atoms with van der Waals surface area (Å²) in [5.41, 5.74) is 0. The van der Waals surface area contributed by atoms with Crippen LogP contribution >= 0.6 is 0 Å². The van der Waals surface area contributed by atoms with Gasteiger partial charge in [0.1, 0.15) is 0 Å². The van der Waals surface area contributed by atoms with E-state index in [1.54, 1.807) is 13.8 Å². The first-order valence-corrected chi connectivity index (χ1v) is 2.26. The van der Waals surface area contributed by atoms with E-state index in [1.165, 1.54) is 0 Å². The number of hydrogen-bond acceptors (Lipinski definition) is 2. The van der Waals surface area contributed by atoms with Gasteiger partial charge in [-0.1, -0.05) is 0 Å². The van der Waals surface area contributed by atoms with Crippen LogP contribution in [0.4, 0.5) is 0 Å². The van der Waals surface area contributed by atoms with Crippen LogP contribution in [0, 0.1) is 17.2 Å². The lowest BCUT2D eigenvalue weighted by molar-refractivity contribution is 0.160. The Balaban J connectivity index is 3.40. The maximum Gasteiger partial charge on any atom is 0.0691 e. The summed E-state index contributed by atoms with van der Waals surface area (Å²) in [6.45, 7) is 3.29. The van der Waals surface area contributed by atoms with Crippen molar-refractivity contribution in [2.75, 3.05) is 0 Å². The molecule has 0 fully saturated rings. The predicted octanol–water partition coefficient (Wildman–Crippen LogP) is 0.527. The Morgan fingerprint density at radius 2 is 2.00 bits per heavy atom. The average molecular weight is 99.1 g/mol. The zero-order valence-corrected chi connectivity index (χ0v) is 4.55. The van der Waals surface area contributed by atoms with Gasteiger partial charge in [-0.3, -0.25) is 0 Å². The quantitative estimate of drug-likeness (QED) is 0.521. The molecule has 0 aliphatic rings. The highest BCUT2D eigenvalue weighted by Gasteiger charge is 2.04. The summed E-state index contributed by atoms with van der Waals surface area (Å²) in [5, 5.41) is 16.7. The van der Waals surface area contributed by atoms with Crippen molar-refractivity contribution in [3.05, 3.63) is 0 Å². The number of nitrogens with zero attached hydrogens (tertiary/aromatic N) is 1. The molecule has 0 aromatic carbocycles. The van der Waals surface area contributed by atoms with Crippen LogP contribution in [0.2, 0.25) is 0 Å². The first-order chi connectivity index (χ1) is 3.18. The minimum absolute atomic E-state index is 0.236. The summed E-state index contributed by atoms with van der Waals surface area (Å²) < 4.78 is 0. The van der Waals surface area contributed by atoms with Gasteiger partial charge in [0.2, 0.25) is 0 Å². The third kappa shape index (κ3) is 2.18. The lowest BCUT2D eigenvalue weighted by Crippen LogP contribution is -2.09. The molecular weight excluding hydrogens is 90.1 g/mol. The lowest BCUT2D eigenvalue weighted by atomic mass is 10.1. The van der Waals surface area contributed by atoms with Crippen molar-refractivity contribution >= 4 is 0 Å². The molecule has 0 bridgehead atoms. The van der Waals surface area contributed by atoms with E-state index in [2.05, 4.69) is 0 Å². The topological polar surface area (TPSA) is 44.0 Å². The Morgan fingerprint density at radius 3 is 2.00 bits per heavy atom. The van der Waals surface area contributed by atoms with Gasteiger partial charge in [0.15, 0.2) is 0 Å². The molecule has 0 amide bonds. The zero-order valence-electron chi connectivity index (χ0n) is 4.55. The van der Waals surface area contributed by atoms with Gasteiger partial charge in [0, 0.05) is 0 Å². The van der Waals surface area contributed by atoms with Crippen LogP contribution in [0.5, 0.6) is 0 Å². The highest BCUT2D eigenvalue weighted by Crippen LogP contribution is 1.96. The van der Waals surface area contributed by atoms with Gasteiger partial charge in [-0.05, 0) is 13.8 Å².